The molecule has 3 rings (SSSR count). The molecule has 1 fully saturated rings. The lowest BCUT2D eigenvalue weighted by Crippen LogP contribution is -2.48. The highest BCUT2D eigenvalue weighted by atomic mass is 32.1. The van der Waals surface area contributed by atoms with Crippen LogP contribution >= 0.6 is 11.3 Å². The largest absolute Gasteiger partial charge is 0.356 e. The number of anilines is 1. The number of pyridine rings is 1. The van der Waals surface area contributed by atoms with E-state index in [2.05, 4.69) is 27.1 Å². The third-order valence-electron chi connectivity index (χ3n) is 4.48. The molecule has 0 bridgehead atoms. The van der Waals surface area contributed by atoms with Crippen molar-refractivity contribution in [3.05, 3.63) is 18.3 Å². The second-order valence-corrected chi connectivity index (χ2v) is 7.35. The van der Waals surface area contributed by atoms with Crippen LogP contribution in [0, 0.1) is 0 Å². The Morgan fingerprint density at radius 3 is 2.77 bits per heavy atom. The van der Waals surface area contributed by atoms with Crippen molar-refractivity contribution in [2.24, 2.45) is 0 Å². The molecule has 0 unspecified atom stereocenters. The van der Waals surface area contributed by atoms with Crippen molar-refractivity contribution in [2.75, 3.05) is 37.6 Å². The molecule has 0 aliphatic carbocycles. The van der Waals surface area contributed by atoms with Gasteiger partial charge in [-0.15, -0.1) is 0 Å². The SMILES string of the molecule is CCCCNC(=O)CCC(=O)N1CCN(c2nc3cccnc3s2)CC1. The number of aromatic nitrogens is 2. The third-order valence-corrected chi connectivity index (χ3v) is 5.52. The van der Waals surface area contributed by atoms with Crippen LogP contribution in [0.1, 0.15) is 32.6 Å². The van der Waals surface area contributed by atoms with Gasteiger partial charge in [-0.2, -0.15) is 0 Å². The third kappa shape index (κ3) is 4.69. The molecule has 3 heterocycles. The summed E-state index contributed by atoms with van der Waals surface area (Å²) in [6, 6.07) is 3.86. The van der Waals surface area contributed by atoms with Gasteiger partial charge >= 0.3 is 0 Å². The minimum atomic E-state index is -0.0348. The zero-order valence-electron chi connectivity index (χ0n) is 15.1. The molecule has 1 saturated heterocycles. The van der Waals surface area contributed by atoms with Gasteiger partial charge in [0.05, 0.1) is 0 Å². The van der Waals surface area contributed by atoms with E-state index in [1.54, 1.807) is 17.5 Å². The maximum absolute atomic E-state index is 12.3. The van der Waals surface area contributed by atoms with E-state index >= 15 is 0 Å². The summed E-state index contributed by atoms with van der Waals surface area (Å²) in [4.78, 5) is 38.0. The molecule has 1 N–H and O–H groups in total. The molecule has 0 radical (unpaired) electrons. The number of nitrogens with zero attached hydrogens (tertiary/aromatic N) is 4. The Morgan fingerprint density at radius 2 is 2.04 bits per heavy atom. The predicted molar refractivity (Wildman–Crippen MR) is 103 cm³/mol. The quantitative estimate of drug-likeness (QED) is 0.749. The van der Waals surface area contributed by atoms with E-state index in [0.29, 0.717) is 19.6 Å². The normalized spacial score (nSPS) is 14.7. The summed E-state index contributed by atoms with van der Waals surface area (Å²) in [5.74, 6) is 0.0219. The first-order valence-electron chi connectivity index (χ1n) is 9.18. The molecule has 1 aliphatic heterocycles. The predicted octanol–water partition coefficient (Wildman–Crippen LogP) is 2.04. The van der Waals surface area contributed by atoms with Crippen LogP contribution in [0.2, 0.25) is 0 Å². The molecule has 0 atom stereocenters. The van der Waals surface area contributed by atoms with E-state index in [9.17, 15) is 9.59 Å². The van der Waals surface area contributed by atoms with Gasteiger partial charge in [0, 0.05) is 51.8 Å². The van der Waals surface area contributed by atoms with Gasteiger partial charge in [-0.1, -0.05) is 24.7 Å². The maximum atomic E-state index is 12.3. The van der Waals surface area contributed by atoms with E-state index in [1.807, 2.05) is 17.0 Å². The lowest BCUT2D eigenvalue weighted by molar-refractivity contribution is -0.133. The monoisotopic (exact) mass is 375 g/mol. The molecule has 26 heavy (non-hydrogen) atoms. The van der Waals surface area contributed by atoms with E-state index in [1.165, 1.54) is 0 Å². The second kappa shape index (κ2) is 8.93. The van der Waals surface area contributed by atoms with Crippen LogP contribution in [0.5, 0.6) is 0 Å². The molecule has 8 heteroatoms. The summed E-state index contributed by atoms with van der Waals surface area (Å²) in [6.45, 7) is 5.63. The Bertz CT molecular complexity index is 722. The first-order chi connectivity index (χ1) is 12.7. The zero-order chi connectivity index (χ0) is 18.4. The number of amides is 2. The fourth-order valence-electron chi connectivity index (χ4n) is 2.91. The maximum Gasteiger partial charge on any atom is 0.223 e. The summed E-state index contributed by atoms with van der Waals surface area (Å²) >= 11 is 1.58. The lowest BCUT2D eigenvalue weighted by Gasteiger charge is -2.34. The highest BCUT2D eigenvalue weighted by Gasteiger charge is 2.23. The number of rotatable bonds is 7. The summed E-state index contributed by atoms with van der Waals surface area (Å²) in [6.07, 6.45) is 4.35. The van der Waals surface area contributed by atoms with Gasteiger partial charge in [0.25, 0.3) is 0 Å². The van der Waals surface area contributed by atoms with Crippen LogP contribution in [0.3, 0.4) is 0 Å². The van der Waals surface area contributed by atoms with Gasteiger partial charge in [-0.3, -0.25) is 9.59 Å². The number of unbranched alkanes of at least 4 members (excludes halogenated alkanes) is 1. The lowest BCUT2D eigenvalue weighted by atomic mass is 10.2. The molecule has 2 aromatic rings. The van der Waals surface area contributed by atoms with Crippen molar-refractivity contribution in [1.82, 2.24) is 20.2 Å². The average Bonchev–Trinajstić information content (AvgIpc) is 3.10. The smallest absolute Gasteiger partial charge is 0.223 e. The fraction of sp³-hybridized carbons (Fsp3) is 0.556. The van der Waals surface area contributed by atoms with Crippen molar-refractivity contribution in [3.63, 3.8) is 0 Å². The minimum Gasteiger partial charge on any atom is -0.356 e. The van der Waals surface area contributed by atoms with Crippen molar-refractivity contribution >= 4 is 38.6 Å². The first kappa shape index (κ1) is 18.6. The fourth-order valence-corrected chi connectivity index (χ4v) is 3.87. The van der Waals surface area contributed by atoms with E-state index in [-0.39, 0.29) is 24.7 Å². The number of hydrogen-bond acceptors (Lipinski definition) is 6. The Morgan fingerprint density at radius 1 is 1.23 bits per heavy atom. The Hall–Kier alpha value is -2.22. The molecular weight excluding hydrogens is 350 g/mol. The van der Waals surface area contributed by atoms with Crippen LogP contribution in [0.25, 0.3) is 10.3 Å². The van der Waals surface area contributed by atoms with Crippen LogP contribution in [-0.2, 0) is 9.59 Å². The number of piperazine rings is 1. The van der Waals surface area contributed by atoms with Crippen molar-refractivity contribution < 1.29 is 9.59 Å². The highest BCUT2D eigenvalue weighted by Crippen LogP contribution is 2.27. The Labute approximate surface area is 157 Å². The van der Waals surface area contributed by atoms with E-state index in [0.717, 1.165) is 41.4 Å². The van der Waals surface area contributed by atoms with E-state index < -0.39 is 0 Å². The standard InChI is InChI=1S/C18H25N5O2S/c1-2-3-8-19-15(24)6-7-16(25)22-10-12-23(13-11-22)18-21-14-5-4-9-20-17(14)26-18/h4-5,9H,2-3,6-8,10-13H2,1H3,(H,19,24). The molecule has 0 spiro atoms. The molecule has 7 nitrogen and oxygen atoms in total. The summed E-state index contributed by atoms with van der Waals surface area (Å²) < 4.78 is 0. The number of thiazole rings is 1. The zero-order valence-corrected chi connectivity index (χ0v) is 15.9. The number of carbonyl (C=O) groups is 2. The average molecular weight is 375 g/mol. The number of nitrogens with one attached hydrogen (secondary N) is 1. The van der Waals surface area contributed by atoms with Gasteiger partial charge in [0.15, 0.2) is 5.13 Å². The van der Waals surface area contributed by atoms with Crippen LogP contribution in [0.15, 0.2) is 18.3 Å². The second-order valence-electron chi connectivity index (χ2n) is 6.40. The molecule has 2 aromatic heterocycles. The summed E-state index contributed by atoms with van der Waals surface area (Å²) in [7, 11) is 0. The van der Waals surface area contributed by atoms with Gasteiger partial charge in [0.2, 0.25) is 11.8 Å². The van der Waals surface area contributed by atoms with E-state index in [4.69, 9.17) is 0 Å². The molecular formula is C18H25N5O2S. The van der Waals surface area contributed by atoms with Crippen LogP contribution in [0.4, 0.5) is 5.13 Å². The number of carbonyl (C=O) groups excluding carboxylic acids is 2. The highest BCUT2D eigenvalue weighted by molar-refractivity contribution is 7.21. The number of hydrogen-bond donors (Lipinski definition) is 1. The van der Waals surface area contributed by atoms with Gasteiger partial charge in [0.1, 0.15) is 10.3 Å². The minimum absolute atomic E-state index is 0.0348. The van der Waals surface area contributed by atoms with Gasteiger partial charge in [-0.05, 0) is 18.6 Å². The summed E-state index contributed by atoms with van der Waals surface area (Å²) in [5, 5.41) is 3.81. The molecule has 0 aromatic carbocycles. The van der Waals surface area contributed by atoms with Crippen LogP contribution < -0.4 is 10.2 Å². The van der Waals surface area contributed by atoms with Gasteiger partial charge < -0.3 is 15.1 Å². The first-order valence-corrected chi connectivity index (χ1v) is 10.00. The van der Waals surface area contributed by atoms with Gasteiger partial charge in [-0.25, -0.2) is 9.97 Å². The Kier molecular flexibility index (Phi) is 6.38. The topological polar surface area (TPSA) is 78.4 Å². The van der Waals surface area contributed by atoms with Crippen molar-refractivity contribution in [2.45, 2.75) is 32.6 Å². The van der Waals surface area contributed by atoms with Crippen molar-refractivity contribution in [3.8, 4) is 0 Å². The molecule has 1 aliphatic rings. The number of fused-ring (bicyclic) bond motifs is 1. The molecule has 0 saturated carbocycles. The van der Waals surface area contributed by atoms with Crippen molar-refractivity contribution in [1.29, 1.82) is 0 Å². The molecule has 2 amide bonds. The Balaban J connectivity index is 1.44. The summed E-state index contributed by atoms with van der Waals surface area (Å²) in [5.41, 5.74) is 0.917. The molecule has 140 valence electrons. The van der Waals surface area contributed by atoms with Crippen LogP contribution in [-0.4, -0.2) is 59.4 Å².